The SMILES string of the molecule is CN(CC(=O)O)c1ncc(CN2CCn3nc([C@@H](O)CO)cc3C2)cn1. The Morgan fingerprint density at radius 3 is 2.73 bits per heavy atom. The lowest BCUT2D eigenvalue weighted by molar-refractivity contribution is -0.135. The van der Waals surface area contributed by atoms with Gasteiger partial charge in [-0.2, -0.15) is 5.10 Å². The van der Waals surface area contributed by atoms with Crippen molar-refractivity contribution < 1.29 is 20.1 Å². The van der Waals surface area contributed by atoms with Crippen molar-refractivity contribution in [2.75, 3.05) is 31.6 Å². The van der Waals surface area contributed by atoms with E-state index in [0.717, 1.165) is 17.8 Å². The number of carboxylic acid groups (broad SMARTS) is 1. The van der Waals surface area contributed by atoms with E-state index in [2.05, 4.69) is 20.0 Å². The van der Waals surface area contributed by atoms with Crippen LogP contribution in [0.25, 0.3) is 0 Å². The van der Waals surface area contributed by atoms with E-state index in [1.165, 1.54) is 4.90 Å². The summed E-state index contributed by atoms with van der Waals surface area (Å²) in [6, 6.07) is 1.81. The van der Waals surface area contributed by atoms with Gasteiger partial charge in [0.1, 0.15) is 12.6 Å². The molecule has 0 fully saturated rings. The highest BCUT2D eigenvalue weighted by molar-refractivity contribution is 5.72. The van der Waals surface area contributed by atoms with Crippen LogP contribution in [-0.2, 0) is 24.4 Å². The minimum Gasteiger partial charge on any atom is -0.480 e. The molecule has 0 bridgehead atoms. The second kappa shape index (κ2) is 7.77. The Balaban J connectivity index is 1.61. The van der Waals surface area contributed by atoms with Crippen LogP contribution in [0.2, 0.25) is 0 Å². The molecule has 3 N–H and O–H groups in total. The average molecular weight is 362 g/mol. The molecule has 0 spiro atoms. The summed E-state index contributed by atoms with van der Waals surface area (Å²) in [5, 5.41) is 31.9. The number of carboxylic acids is 1. The lowest BCUT2D eigenvalue weighted by Crippen LogP contribution is -2.33. The second-order valence-electron chi connectivity index (χ2n) is 6.33. The van der Waals surface area contributed by atoms with Crippen molar-refractivity contribution in [2.45, 2.75) is 25.7 Å². The van der Waals surface area contributed by atoms with E-state index in [1.54, 1.807) is 19.4 Å². The van der Waals surface area contributed by atoms with Gasteiger partial charge in [-0.1, -0.05) is 0 Å². The number of likely N-dealkylation sites (N-methyl/N-ethyl adjacent to an activating group) is 1. The molecular formula is C16H22N6O4. The van der Waals surface area contributed by atoms with Crippen LogP contribution in [0.4, 0.5) is 5.95 Å². The number of nitrogens with zero attached hydrogens (tertiary/aromatic N) is 6. The highest BCUT2D eigenvalue weighted by Gasteiger charge is 2.21. The van der Waals surface area contributed by atoms with Gasteiger partial charge in [0.25, 0.3) is 0 Å². The molecule has 2 aromatic heterocycles. The molecule has 3 heterocycles. The summed E-state index contributed by atoms with van der Waals surface area (Å²) in [5.74, 6) is -0.564. The van der Waals surface area contributed by atoms with Crippen LogP contribution < -0.4 is 4.90 Å². The van der Waals surface area contributed by atoms with Crippen LogP contribution in [0.15, 0.2) is 18.5 Å². The van der Waals surface area contributed by atoms with Crippen molar-refractivity contribution in [1.82, 2.24) is 24.6 Å². The summed E-state index contributed by atoms with van der Waals surface area (Å²) >= 11 is 0. The number of aliphatic hydroxyl groups is 2. The smallest absolute Gasteiger partial charge is 0.323 e. The van der Waals surface area contributed by atoms with Gasteiger partial charge in [0.2, 0.25) is 5.95 Å². The van der Waals surface area contributed by atoms with Gasteiger partial charge in [0, 0.05) is 44.6 Å². The molecule has 2 aromatic rings. The predicted octanol–water partition coefficient (Wildman–Crippen LogP) is -0.765. The van der Waals surface area contributed by atoms with Gasteiger partial charge in [0.15, 0.2) is 0 Å². The van der Waals surface area contributed by atoms with Crippen molar-refractivity contribution in [3.05, 3.63) is 35.4 Å². The van der Waals surface area contributed by atoms with Gasteiger partial charge in [0.05, 0.1) is 24.5 Å². The Labute approximate surface area is 150 Å². The quantitative estimate of drug-likeness (QED) is 0.582. The maximum absolute atomic E-state index is 10.7. The van der Waals surface area contributed by atoms with Gasteiger partial charge in [-0.05, 0) is 6.07 Å². The number of hydrogen-bond acceptors (Lipinski definition) is 8. The number of fused-ring (bicyclic) bond motifs is 1. The molecule has 0 aliphatic carbocycles. The summed E-state index contributed by atoms with van der Waals surface area (Å²) in [6.07, 6.45) is 2.45. The van der Waals surface area contributed by atoms with Crippen molar-refractivity contribution in [1.29, 1.82) is 0 Å². The molecule has 140 valence electrons. The van der Waals surface area contributed by atoms with Crippen molar-refractivity contribution >= 4 is 11.9 Å². The van der Waals surface area contributed by atoms with E-state index in [-0.39, 0.29) is 13.2 Å². The van der Waals surface area contributed by atoms with E-state index < -0.39 is 12.1 Å². The molecule has 1 aliphatic heterocycles. The van der Waals surface area contributed by atoms with Crippen LogP contribution in [0, 0.1) is 0 Å². The summed E-state index contributed by atoms with van der Waals surface area (Å²) in [5.41, 5.74) is 2.40. The minimum atomic E-state index is -0.953. The molecule has 0 unspecified atom stereocenters. The van der Waals surface area contributed by atoms with Crippen molar-refractivity contribution in [2.24, 2.45) is 0 Å². The average Bonchev–Trinajstić information content (AvgIpc) is 3.04. The zero-order chi connectivity index (χ0) is 18.7. The zero-order valence-corrected chi connectivity index (χ0v) is 14.5. The Hall–Kier alpha value is -2.56. The first-order valence-electron chi connectivity index (χ1n) is 8.28. The van der Waals surface area contributed by atoms with E-state index in [1.807, 2.05) is 10.7 Å². The molecule has 3 rings (SSSR count). The molecule has 1 atom stereocenters. The Morgan fingerprint density at radius 2 is 2.08 bits per heavy atom. The number of hydrogen-bond donors (Lipinski definition) is 3. The molecular weight excluding hydrogens is 340 g/mol. The fourth-order valence-electron chi connectivity index (χ4n) is 2.89. The topological polar surface area (TPSA) is 128 Å². The maximum Gasteiger partial charge on any atom is 0.323 e. The van der Waals surface area contributed by atoms with Gasteiger partial charge < -0.3 is 20.2 Å². The fourth-order valence-corrected chi connectivity index (χ4v) is 2.89. The van der Waals surface area contributed by atoms with Gasteiger partial charge in [-0.15, -0.1) is 0 Å². The van der Waals surface area contributed by atoms with Crippen LogP contribution in [-0.4, -0.2) is 72.7 Å². The minimum absolute atomic E-state index is 0.155. The summed E-state index contributed by atoms with van der Waals surface area (Å²) in [6.45, 7) is 2.33. The largest absolute Gasteiger partial charge is 0.480 e. The van der Waals surface area contributed by atoms with Gasteiger partial charge in [-0.3, -0.25) is 14.4 Å². The molecule has 26 heavy (non-hydrogen) atoms. The monoisotopic (exact) mass is 362 g/mol. The standard InChI is InChI=1S/C16H22N6O4/c1-20(9-15(25)26)16-17-5-11(6-18-16)7-21-2-3-22-12(8-21)4-13(19-22)14(24)10-23/h4-6,14,23-24H,2-3,7-10H2,1H3,(H,25,26)/t14-/m0/s1. The fraction of sp³-hybridized carbons (Fsp3) is 0.500. The lowest BCUT2D eigenvalue weighted by atomic mass is 10.2. The number of rotatable bonds is 7. The Bertz CT molecular complexity index is 763. The number of anilines is 1. The molecule has 0 saturated heterocycles. The van der Waals surface area contributed by atoms with Crippen LogP contribution >= 0.6 is 0 Å². The van der Waals surface area contributed by atoms with Crippen LogP contribution in [0.5, 0.6) is 0 Å². The third-order valence-electron chi connectivity index (χ3n) is 4.22. The normalized spacial score (nSPS) is 15.5. The third kappa shape index (κ3) is 4.15. The maximum atomic E-state index is 10.7. The molecule has 10 heteroatoms. The summed E-state index contributed by atoms with van der Waals surface area (Å²) < 4.78 is 1.85. The molecule has 0 amide bonds. The van der Waals surface area contributed by atoms with E-state index >= 15 is 0 Å². The Morgan fingerprint density at radius 1 is 1.35 bits per heavy atom. The second-order valence-corrected chi connectivity index (χ2v) is 6.33. The Kier molecular flexibility index (Phi) is 5.45. The molecule has 0 radical (unpaired) electrons. The van der Waals surface area contributed by atoms with Crippen LogP contribution in [0.1, 0.15) is 23.1 Å². The van der Waals surface area contributed by atoms with E-state index in [4.69, 9.17) is 10.2 Å². The lowest BCUT2D eigenvalue weighted by Gasteiger charge is -2.27. The molecule has 0 saturated carbocycles. The number of aliphatic carboxylic acids is 1. The molecule has 0 aromatic carbocycles. The number of aromatic nitrogens is 4. The highest BCUT2D eigenvalue weighted by Crippen LogP contribution is 2.19. The first-order chi connectivity index (χ1) is 12.5. The highest BCUT2D eigenvalue weighted by atomic mass is 16.4. The van der Waals surface area contributed by atoms with E-state index in [9.17, 15) is 9.90 Å². The first kappa shape index (κ1) is 18.2. The molecule has 1 aliphatic rings. The van der Waals surface area contributed by atoms with E-state index in [0.29, 0.717) is 31.3 Å². The number of aliphatic hydroxyl groups excluding tert-OH is 2. The third-order valence-corrected chi connectivity index (χ3v) is 4.22. The van der Waals surface area contributed by atoms with Crippen LogP contribution in [0.3, 0.4) is 0 Å². The molecule has 10 nitrogen and oxygen atoms in total. The first-order valence-corrected chi connectivity index (χ1v) is 8.28. The summed E-state index contributed by atoms with van der Waals surface area (Å²) in [7, 11) is 1.63. The van der Waals surface area contributed by atoms with Gasteiger partial charge in [-0.25, -0.2) is 9.97 Å². The van der Waals surface area contributed by atoms with Gasteiger partial charge >= 0.3 is 5.97 Å². The zero-order valence-electron chi connectivity index (χ0n) is 14.5. The summed E-state index contributed by atoms with van der Waals surface area (Å²) in [4.78, 5) is 22.9. The van der Waals surface area contributed by atoms with Crippen molar-refractivity contribution in [3.8, 4) is 0 Å². The predicted molar refractivity (Wildman–Crippen MR) is 91.3 cm³/mol. The number of carbonyl (C=O) groups is 1. The van der Waals surface area contributed by atoms with Crippen molar-refractivity contribution in [3.63, 3.8) is 0 Å².